The number of carbonyl (C=O) groups excluding carboxylic acids is 1. The summed E-state index contributed by atoms with van der Waals surface area (Å²) in [5, 5.41) is 5.98. The van der Waals surface area contributed by atoms with Gasteiger partial charge in [-0.2, -0.15) is 0 Å². The lowest BCUT2D eigenvalue weighted by atomic mass is 10.1. The monoisotopic (exact) mass is 284 g/mol. The first-order chi connectivity index (χ1) is 9.96. The Morgan fingerprint density at radius 2 is 1.33 bits per heavy atom. The molecule has 0 fully saturated rings. The van der Waals surface area contributed by atoms with E-state index in [4.69, 9.17) is 4.74 Å². The van der Waals surface area contributed by atoms with Gasteiger partial charge in [-0.25, -0.2) is 0 Å². The van der Waals surface area contributed by atoms with Crippen molar-refractivity contribution in [1.82, 2.24) is 0 Å². The smallest absolute Gasteiger partial charge is 0.211 e. The quantitative estimate of drug-likeness (QED) is 0.807. The number of anilines is 2. The first-order valence-corrected chi connectivity index (χ1v) is 6.83. The van der Waals surface area contributed by atoms with Crippen LogP contribution in [-0.2, 0) is 4.79 Å². The number of benzene rings is 2. The number of amides is 1. The molecule has 0 saturated carbocycles. The molecule has 0 spiro atoms. The number of rotatable bonds is 5. The Morgan fingerprint density at radius 1 is 0.857 bits per heavy atom. The van der Waals surface area contributed by atoms with Gasteiger partial charge in [-0.1, -0.05) is 0 Å². The molecular formula is C17H20N2O2. The third-order valence-corrected chi connectivity index (χ3v) is 2.69. The van der Waals surface area contributed by atoms with Gasteiger partial charge in [0.2, 0.25) is 6.41 Å². The summed E-state index contributed by atoms with van der Waals surface area (Å²) in [6, 6.07) is 15.0. The number of carbonyl (C=O) groups is 1. The van der Waals surface area contributed by atoms with Crippen molar-refractivity contribution in [1.29, 1.82) is 0 Å². The zero-order valence-corrected chi connectivity index (χ0v) is 12.5. The van der Waals surface area contributed by atoms with Gasteiger partial charge < -0.3 is 15.4 Å². The highest BCUT2D eigenvalue weighted by Gasteiger charge is 2.08. The molecular weight excluding hydrogens is 264 g/mol. The maximum Gasteiger partial charge on any atom is 0.211 e. The Bertz CT molecular complexity index is 584. The summed E-state index contributed by atoms with van der Waals surface area (Å²) in [5.41, 5.74) is 1.83. The van der Waals surface area contributed by atoms with Crippen molar-refractivity contribution in [3.8, 4) is 11.5 Å². The van der Waals surface area contributed by atoms with Crippen LogP contribution in [0.15, 0.2) is 48.5 Å². The van der Waals surface area contributed by atoms with Gasteiger partial charge >= 0.3 is 0 Å². The lowest BCUT2D eigenvalue weighted by molar-refractivity contribution is -0.105. The summed E-state index contributed by atoms with van der Waals surface area (Å²) in [7, 11) is 0. The van der Waals surface area contributed by atoms with Crippen molar-refractivity contribution in [3.63, 3.8) is 0 Å². The van der Waals surface area contributed by atoms with E-state index in [1.807, 2.05) is 36.4 Å². The third kappa shape index (κ3) is 4.84. The largest absolute Gasteiger partial charge is 0.457 e. The molecule has 0 bridgehead atoms. The highest BCUT2D eigenvalue weighted by molar-refractivity contribution is 5.71. The summed E-state index contributed by atoms with van der Waals surface area (Å²) in [6.07, 6.45) is 0.650. The van der Waals surface area contributed by atoms with E-state index in [-0.39, 0.29) is 5.54 Å². The van der Waals surface area contributed by atoms with E-state index in [1.54, 1.807) is 12.1 Å². The second-order valence-electron chi connectivity index (χ2n) is 5.79. The number of hydrogen-bond acceptors (Lipinski definition) is 3. The van der Waals surface area contributed by atoms with Crippen LogP contribution in [0.2, 0.25) is 0 Å². The molecule has 2 aromatic carbocycles. The van der Waals surface area contributed by atoms with Gasteiger partial charge in [0.05, 0.1) is 0 Å². The van der Waals surface area contributed by atoms with Crippen molar-refractivity contribution in [2.24, 2.45) is 0 Å². The lowest BCUT2D eigenvalue weighted by Crippen LogP contribution is -2.25. The molecule has 0 aliphatic heterocycles. The average molecular weight is 284 g/mol. The summed E-state index contributed by atoms with van der Waals surface area (Å²) in [5.74, 6) is 1.49. The van der Waals surface area contributed by atoms with Gasteiger partial charge in [0, 0.05) is 16.9 Å². The van der Waals surface area contributed by atoms with Gasteiger partial charge in [0.15, 0.2) is 0 Å². The van der Waals surface area contributed by atoms with Crippen LogP contribution in [-0.4, -0.2) is 11.9 Å². The summed E-state index contributed by atoms with van der Waals surface area (Å²) in [6.45, 7) is 6.35. The van der Waals surface area contributed by atoms with Crippen molar-refractivity contribution in [2.45, 2.75) is 26.3 Å². The van der Waals surface area contributed by atoms with Crippen LogP contribution < -0.4 is 15.4 Å². The van der Waals surface area contributed by atoms with E-state index in [1.165, 1.54) is 0 Å². The fourth-order valence-electron chi connectivity index (χ4n) is 1.86. The molecule has 4 nitrogen and oxygen atoms in total. The minimum atomic E-state index is 0.0315. The van der Waals surface area contributed by atoms with Gasteiger partial charge in [-0.05, 0) is 69.3 Å². The van der Waals surface area contributed by atoms with E-state index < -0.39 is 0 Å². The fraction of sp³-hybridized carbons (Fsp3) is 0.235. The van der Waals surface area contributed by atoms with Gasteiger partial charge in [-0.15, -0.1) is 0 Å². The Balaban J connectivity index is 2.01. The maximum atomic E-state index is 10.3. The standard InChI is InChI=1S/C17H20N2O2/c1-17(2,3)19-14-6-10-16(11-7-14)21-15-8-4-13(5-9-15)18-12-20/h4-12,19H,1-3H3,(H,18,20). The van der Waals surface area contributed by atoms with Crippen LogP contribution in [0.5, 0.6) is 11.5 Å². The maximum absolute atomic E-state index is 10.3. The number of hydrogen-bond donors (Lipinski definition) is 2. The predicted molar refractivity (Wildman–Crippen MR) is 86.0 cm³/mol. The first-order valence-electron chi connectivity index (χ1n) is 6.83. The number of nitrogens with one attached hydrogen (secondary N) is 2. The second kappa shape index (κ2) is 6.31. The summed E-state index contributed by atoms with van der Waals surface area (Å²) < 4.78 is 5.75. The Hall–Kier alpha value is -2.49. The highest BCUT2D eigenvalue weighted by Crippen LogP contribution is 2.25. The molecule has 0 heterocycles. The molecule has 110 valence electrons. The molecule has 0 aliphatic rings. The molecule has 2 aromatic rings. The van der Waals surface area contributed by atoms with Crippen molar-refractivity contribution in [2.75, 3.05) is 10.6 Å². The van der Waals surface area contributed by atoms with E-state index in [0.717, 1.165) is 22.9 Å². The lowest BCUT2D eigenvalue weighted by Gasteiger charge is -2.22. The third-order valence-electron chi connectivity index (χ3n) is 2.69. The minimum Gasteiger partial charge on any atom is -0.457 e. The van der Waals surface area contributed by atoms with Crippen molar-refractivity contribution < 1.29 is 9.53 Å². The van der Waals surface area contributed by atoms with Gasteiger partial charge in [0.25, 0.3) is 0 Å². The Morgan fingerprint density at radius 3 is 1.76 bits per heavy atom. The van der Waals surface area contributed by atoms with Crippen LogP contribution in [0, 0.1) is 0 Å². The highest BCUT2D eigenvalue weighted by atomic mass is 16.5. The van der Waals surface area contributed by atoms with Crippen LogP contribution >= 0.6 is 0 Å². The molecule has 2 N–H and O–H groups in total. The predicted octanol–water partition coefficient (Wildman–Crippen LogP) is 4.26. The summed E-state index contributed by atoms with van der Waals surface area (Å²) >= 11 is 0. The average Bonchev–Trinajstić information content (AvgIpc) is 2.42. The van der Waals surface area contributed by atoms with Gasteiger partial charge in [-0.3, -0.25) is 4.79 Å². The molecule has 0 atom stereocenters. The van der Waals surface area contributed by atoms with Crippen molar-refractivity contribution >= 4 is 17.8 Å². The second-order valence-corrected chi connectivity index (χ2v) is 5.79. The Kier molecular flexibility index (Phi) is 4.48. The molecule has 2 rings (SSSR count). The Labute approximate surface area is 125 Å². The molecule has 1 amide bonds. The van der Waals surface area contributed by atoms with E-state index in [2.05, 4.69) is 31.4 Å². The SMILES string of the molecule is CC(C)(C)Nc1ccc(Oc2ccc(NC=O)cc2)cc1. The summed E-state index contributed by atoms with van der Waals surface area (Å²) in [4.78, 5) is 10.3. The van der Waals surface area contributed by atoms with E-state index >= 15 is 0 Å². The molecule has 0 aliphatic carbocycles. The van der Waals surface area contributed by atoms with Crippen molar-refractivity contribution in [3.05, 3.63) is 48.5 Å². The van der Waals surface area contributed by atoms with Crippen LogP contribution in [0.1, 0.15) is 20.8 Å². The fourth-order valence-corrected chi connectivity index (χ4v) is 1.86. The van der Waals surface area contributed by atoms with Gasteiger partial charge in [0.1, 0.15) is 11.5 Å². The van der Waals surface area contributed by atoms with E-state index in [0.29, 0.717) is 6.41 Å². The topological polar surface area (TPSA) is 50.4 Å². The van der Waals surface area contributed by atoms with E-state index in [9.17, 15) is 4.79 Å². The molecule has 4 heteroatoms. The molecule has 0 radical (unpaired) electrons. The normalized spacial score (nSPS) is 10.8. The molecule has 0 unspecified atom stereocenters. The zero-order valence-electron chi connectivity index (χ0n) is 12.5. The van der Waals surface area contributed by atoms with Crippen LogP contribution in [0.25, 0.3) is 0 Å². The number of ether oxygens (including phenoxy) is 1. The molecule has 0 saturated heterocycles. The minimum absolute atomic E-state index is 0.0315. The molecule has 0 aromatic heterocycles. The zero-order chi connectivity index (χ0) is 15.3. The molecule has 21 heavy (non-hydrogen) atoms. The first kappa shape index (κ1) is 14.9. The van der Waals surface area contributed by atoms with Crippen LogP contribution in [0.3, 0.4) is 0 Å². The van der Waals surface area contributed by atoms with Crippen LogP contribution in [0.4, 0.5) is 11.4 Å².